The Bertz CT molecular complexity index is 1150. The van der Waals surface area contributed by atoms with E-state index in [0.717, 1.165) is 16.3 Å². The topological polar surface area (TPSA) is 73.2 Å². The summed E-state index contributed by atoms with van der Waals surface area (Å²) in [4.78, 5) is 25.8. The average molecular weight is 417 g/mol. The Morgan fingerprint density at radius 3 is 2.47 bits per heavy atom. The van der Waals surface area contributed by atoms with Gasteiger partial charge in [0.15, 0.2) is 0 Å². The maximum absolute atomic E-state index is 13.1. The van der Waals surface area contributed by atoms with Crippen LogP contribution >= 0.6 is 11.3 Å². The molecule has 0 unspecified atom stereocenters. The summed E-state index contributed by atoms with van der Waals surface area (Å²) < 4.78 is 6.62. The van der Waals surface area contributed by atoms with Crippen LogP contribution in [0, 0.1) is 0 Å². The van der Waals surface area contributed by atoms with Gasteiger partial charge in [0.05, 0.1) is 22.7 Å². The second-order valence-corrected chi connectivity index (χ2v) is 7.34. The van der Waals surface area contributed by atoms with Gasteiger partial charge >= 0.3 is 5.97 Å². The molecule has 30 heavy (non-hydrogen) atoms. The Balaban J connectivity index is 1.62. The van der Waals surface area contributed by atoms with Crippen molar-refractivity contribution in [3.8, 4) is 16.3 Å². The van der Waals surface area contributed by atoms with Crippen LogP contribution in [-0.2, 0) is 4.74 Å². The molecule has 0 atom stereocenters. The molecule has 0 saturated carbocycles. The molecule has 0 aliphatic rings. The van der Waals surface area contributed by atoms with Gasteiger partial charge in [-0.05, 0) is 60.8 Å². The molecule has 0 fully saturated rings. The van der Waals surface area contributed by atoms with Crippen LogP contribution in [0.1, 0.15) is 27.8 Å². The predicted octanol–water partition coefficient (Wildman–Crippen LogP) is 5.03. The van der Waals surface area contributed by atoms with E-state index in [4.69, 9.17) is 4.74 Å². The summed E-state index contributed by atoms with van der Waals surface area (Å²) in [7, 11) is 0. The summed E-state index contributed by atoms with van der Waals surface area (Å²) in [6.07, 6.45) is 0. The number of thiophene rings is 1. The first kappa shape index (κ1) is 19.6. The number of esters is 1. The molecular weight excluding hydrogens is 398 g/mol. The second kappa shape index (κ2) is 8.75. The number of benzene rings is 2. The molecule has 150 valence electrons. The van der Waals surface area contributed by atoms with E-state index in [1.54, 1.807) is 53.3 Å². The maximum atomic E-state index is 13.1. The molecule has 6 nitrogen and oxygen atoms in total. The van der Waals surface area contributed by atoms with Gasteiger partial charge in [-0.2, -0.15) is 5.10 Å². The third-order valence-corrected chi connectivity index (χ3v) is 5.26. The number of anilines is 1. The standard InChI is InChI=1S/C23H19N3O3S/c1-2-29-23(28)16-10-12-17(13-11-16)24-22(27)20-15-19(21-9-6-14-30-21)25-26(20)18-7-4-3-5-8-18/h3-15H,2H2,1H3,(H,24,27). The van der Waals surface area contributed by atoms with Gasteiger partial charge in [0.1, 0.15) is 11.4 Å². The zero-order valence-electron chi connectivity index (χ0n) is 16.2. The number of ether oxygens (including phenoxy) is 1. The molecule has 0 spiro atoms. The van der Waals surface area contributed by atoms with E-state index in [0.29, 0.717) is 23.6 Å². The Labute approximate surface area is 177 Å². The molecule has 0 radical (unpaired) electrons. The van der Waals surface area contributed by atoms with Crippen LogP contribution in [0.3, 0.4) is 0 Å². The number of aromatic nitrogens is 2. The average Bonchev–Trinajstić information content (AvgIpc) is 3.45. The van der Waals surface area contributed by atoms with Crippen LogP contribution in [-0.4, -0.2) is 28.3 Å². The van der Waals surface area contributed by atoms with Gasteiger partial charge in [-0.1, -0.05) is 24.3 Å². The Kier molecular flexibility index (Phi) is 5.72. The molecule has 1 N–H and O–H groups in total. The van der Waals surface area contributed by atoms with Crippen molar-refractivity contribution in [2.24, 2.45) is 0 Å². The minimum Gasteiger partial charge on any atom is -0.462 e. The van der Waals surface area contributed by atoms with Gasteiger partial charge in [0, 0.05) is 5.69 Å². The molecule has 2 heterocycles. The van der Waals surface area contributed by atoms with E-state index >= 15 is 0 Å². The normalized spacial score (nSPS) is 10.6. The minimum absolute atomic E-state index is 0.293. The molecule has 2 aromatic heterocycles. The van der Waals surface area contributed by atoms with Crippen LogP contribution in [0.4, 0.5) is 5.69 Å². The monoisotopic (exact) mass is 417 g/mol. The molecule has 0 bridgehead atoms. The first-order valence-electron chi connectivity index (χ1n) is 9.43. The largest absolute Gasteiger partial charge is 0.462 e. The molecule has 2 aromatic carbocycles. The van der Waals surface area contributed by atoms with Crippen molar-refractivity contribution >= 4 is 28.9 Å². The molecule has 4 aromatic rings. The number of para-hydroxylation sites is 1. The zero-order valence-corrected chi connectivity index (χ0v) is 17.1. The number of nitrogens with zero attached hydrogens (tertiary/aromatic N) is 2. The van der Waals surface area contributed by atoms with Crippen molar-refractivity contribution < 1.29 is 14.3 Å². The van der Waals surface area contributed by atoms with Gasteiger partial charge in [0.2, 0.25) is 0 Å². The first-order chi connectivity index (χ1) is 14.7. The molecule has 0 saturated heterocycles. The fourth-order valence-electron chi connectivity index (χ4n) is 2.95. The lowest BCUT2D eigenvalue weighted by molar-refractivity contribution is 0.0526. The SMILES string of the molecule is CCOC(=O)c1ccc(NC(=O)c2cc(-c3cccs3)nn2-c2ccccc2)cc1. The predicted molar refractivity (Wildman–Crippen MR) is 117 cm³/mol. The molecule has 1 amide bonds. The highest BCUT2D eigenvalue weighted by Crippen LogP contribution is 2.26. The molecule has 0 aliphatic carbocycles. The van der Waals surface area contributed by atoms with Crippen molar-refractivity contribution in [3.63, 3.8) is 0 Å². The smallest absolute Gasteiger partial charge is 0.338 e. The van der Waals surface area contributed by atoms with Crippen LogP contribution < -0.4 is 5.32 Å². The Morgan fingerprint density at radius 1 is 1.03 bits per heavy atom. The zero-order chi connectivity index (χ0) is 20.9. The van der Waals surface area contributed by atoms with Gasteiger partial charge in [-0.15, -0.1) is 11.3 Å². The fourth-order valence-corrected chi connectivity index (χ4v) is 3.63. The molecule has 4 rings (SSSR count). The lowest BCUT2D eigenvalue weighted by Gasteiger charge is -2.09. The highest BCUT2D eigenvalue weighted by atomic mass is 32.1. The summed E-state index contributed by atoms with van der Waals surface area (Å²) in [5.74, 6) is -0.684. The summed E-state index contributed by atoms with van der Waals surface area (Å²) in [6, 6.07) is 21.8. The number of hydrogen-bond donors (Lipinski definition) is 1. The molecule has 0 aliphatic heterocycles. The van der Waals surface area contributed by atoms with E-state index in [1.807, 2.05) is 47.8 Å². The number of hydrogen-bond acceptors (Lipinski definition) is 5. The van der Waals surface area contributed by atoms with Gasteiger partial charge in [-0.25, -0.2) is 9.48 Å². The molecular formula is C23H19N3O3S. The molecule has 7 heteroatoms. The van der Waals surface area contributed by atoms with Crippen LogP contribution in [0.15, 0.2) is 78.2 Å². The third kappa shape index (κ3) is 4.16. The second-order valence-electron chi connectivity index (χ2n) is 6.39. The number of amides is 1. The summed E-state index contributed by atoms with van der Waals surface area (Å²) in [5, 5.41) is 9.50. The number of carbonyl (C=O) groups is 2. The van der Waals surface area contributed by atoms with E-state index in [-0.39, 0.29) is 5.91 Å². The van der Waals surface area contributed by atoms with Crippen molar-refractivity contribution in [2.45, 2.75) is 6.92 Å². The fraction of sp³-hybridized carbons (Fsp3) is 0.0870. The quantitative estimate of drug-likeness (QED) is 0.447. The van der Waals surface area contributed by atoms with Gasteiger partial charge < -0.3 is 10.1 Å². The number of rotatable bonds is 6. The van der Waals surface area contributed by atoms with Gasteiger partial charge in [0.25, 0.3) is 5.91 Å². The Hall–Kier alpha value is -3.71. The lowest BCUT2D eigenvalue weighted by Crippen LogP contribution is -2.17. The Morgan fingerprint density at radius 2 is 1.80 bits per heavy atom. The van der Waals surface area contributed by atoms with E-state index in [9.17, 15) is 9.59 Å². The first-order valence-corrected chi connectivity index (χ1v) is 10.3. The van der Waals surface area contributed by atoms with Crippen LogP contribution in [0.5, 0.6) is 0 Å². The summed E-state index contributed by atoms with van der Waals surface area (Å²) >= 11 is 1.57. The van der Waals surface area contributed by atoms with Crippen molar-refractivity contribution in [1.82, 2.24) is 9.78 Å². The van der Waals surface area contributed by atoms with Crippen molar-refractivity contribution in [1.29, 1.82) is 0 Å². The van der Waals surface area contributed by atoms with E-state index in [2.05, 4.69) is 10.4 Å². The van der Waals surface area contributed by atoms with E-state index in [1.165, 1.54) is 0 Å². The number of nitrogens with one attached hydrogen (secondary N) is 1. The maximum Gasteiger partial charge on any atom is 0.338 e. The number of carbonyl (C=O) groups excluding carboxylic acids is 2. The lowest BCUT2D eigenvalue weighted by atomic mass is 10.2. The van der Waals surface area contributed by atoms with Crippen molar-refractivity contribution in [2.75, 3.05) is 11.9 Å². The summed E-state index contributed by atoms with van der Waals surface area (Å²) in [6.45, 7) is 2.07. The summed E-state index contributed by atoms with van der Waals surface area (Å²) in [5.41, 5.74) is 2.95. The van der Waals surface area contributed by atoms with Gasteiger partial charge in [-0.3, -0.25) is 4.79 Å². The van der Waals surface area contributed by atoms with Crippen LogP contribution in [0.2, 0.25) is 0 Å². The highest BCUT2D eigenvalue weighted by molar-refractivity contribution is 7.13. The highest BCUT2D eigenvalue weighted by Gasteiger charge is 2.18. The third-order valence-electron chi connectivity index (χ3n) is 4.37. The van der Waals surface area contributed by atoms with Crippen LogP contribution in [0.25, 0.3) is 16.3 Å². The minimum atomic E-state index is -0.391. The van der Waals surface area contributed by atoms with Crippen molar-refractivity contribution in [3.05, 3.63) is 89.4 Å². The van der Waals surface area contributed by atoms with E-state index < -0.39 is 5.97 Å².